The van der Waals surface area contributed by atoms with Gasteiger partial charge in [-0.25, -0.2) is 22.9 Å². The fourth-order valence-corrected chi connectivity index (χ4v) is 2.08. The molecule has 0 fully saturated rings. The number of carbonyl (C=O) groups is 1. The van der Waals surface area contributed by atoms with Gasteiger partial charge in [-0.1, -0.05) is 6.07 Å². The molecule has 5 nitrogen and oxygen atoms in total. The van der Waals surface area contributed by atoms with Crippen LogP contribution in [0.3, 0.4) is 0 Å². The van der Waals surface area contributed by atoms with Crippen molar-refractivity contribution in [3.8, 4) is 17.0 Å². The maximum atomic E-state index is 13.6. The molecule has 0 spiro atoms. The summed E-state index contributed by atoms with van der Waals surface area (Å²) in [5, 5.41) is 3.93. The average Bonchev–Trinajstić information content (AvgIpc) is 3.08. The Kier molecular flexibility index (Phi) is 4.41. The Balaban J connectivity index is 1.95. The molecule has 0 atom stereocenters. The van der Waals surface area contributed by atoms with E-state index in [0.29, 0.717) is 11.3 Å². The number of halogens is 5. The highest BCUT2D eigenvalue weighted by atomic mass is 19.2. The monoisotopic (exact) mass is 369 g/mol. The zero-order valence-electron chi connectivity index (χ0n) is 12.9. The Bertz CT molecular complexity index is 990. The van der Waals surface area contributed by atoms with Crippen LogP contribution in [0.5, 0.6) is 5.75 Å². The molecule has 0 N–H and O–H groups in total. The number of esters is 1. The van der Waals surface area contributed by atoms with Crippen molar-refractivity contribution in [2.24, 2.45) is 7.05 Å². The molecular weight excluding hydrogens is 361 g/mol. The molecule has 26 heavy (non-hydrogen) atoms. The molecule has 0 bridgehead atoms. The van der Waals surface area contributed by atoms with Gasteiger partial charge in [-0.15, -0.1) is 0 Å². The maximum absolute atomic E-state index is 13.6. The third-order valence-electron chi connectivity index (χ3n) is 3.32. The van der Waals surface area contributed by atoms with Gasteiger partial charge in [0, 0.05) is 18.8 Å². The van der Waals surface area contributed by atoms with Gasteiger partial charge in [0.25, 0.3) is 0 Å². The number of rotatable bonds is 3. The molecule has 0 radical (unpaired) electrons. The average molecular weight is 369 g/mol. The molecule has 2 heterocycles. The summed E-state index contributed by atoms with van der Waals surface area (Å²) in [7, 11) is 1.66. The van der Waals surface area contributed by atoms with E-state index in [2.05, 4.69) is 14.8 Å². The summed E-state index contributed by atoms with van der Waals surface area (Å²) in [4.78, 5) is 16.0. The van der Waals surface area contributed by atoms with Gasteiger partial charge in [0.05, 0.1) is 11.9 Å². The number of ether oxygens (including phenoxy) is 1. The first-order valence-electron chi connectivity index (χ1n) is 6.99. The molecule has 3 rings (SSSR count). The van der Waals surface area contributed by atoms with Gasteiger partial charge in [0.1, 0.15) is 5.69 Å². The van der Waals surface area contributed by atoms with Crippen molar-refractivity contribution in [3.05, 3.63) is 65.4 Å². The lowest BCUT2D eigenvalue weighted by Crippen LogP contribution is -2.15. The predicted octanol–water partition coefficient (Wildman–Crippen LogP) is 3.40. The van der Waals surface area contributed by atoms with E-state index in [9.17, 15) is 26.7 Å². The molecule has 2 aromatic heterocycles. The van der Waals surface area contributed by atoms with Crippen LogP contribution in [-0.2, 0) is 7.05 Å². The first kappa shape index (κ1) is 17.5. The van der Waals surface area contributed by atoms with Gasteiger partial charge >= 0.3 is 5.97 Å². The Labute approximate surface area is 142 Å². The van der Waals surface area contributed by atoms with E-state index < -0.39 is 46.5 Å². The molecule has 0 aliphatic heterocycles. The van der Waals surface area contributed by atoms with Gasteiger partial charge in [-0.3, -0.25) is 4.68 Å². The standard InChI is InChI=1S/C16H8F5N3O2/c1-24-6-7(5-22-24)8-3-2-4-9(23-8)16(25)26-15-13(20)11(18)10(17)12(19)14(15)21/h2-6H,1H3. The van der Waals surface area contributed by atoms with Crippen LogP contribution in [0.25, 0.3) is 11.3 Å². The highest BCUT2D eigenvalue weighted by molar-refractivity contribution is 5.89. The van der Waals surface area contributed by atoms with E-state index in [4.69, 9.17) is 0 Å². The number of carbonyl (C=O) groups excluding carboxylic acids is 1. The molecule has 0 unspecified atom stereocenters. The number of hydrogen-bond donors (Lipinski definition) is 0. The first-order valence-corrected chi connectivity index (χ1v) is 6.99. The lowest BCUT2D eigenvalue weighted by Gasteiger charge is -2.09. The summed E-state index contributed by atoms with van der Waals surface area (Å²) < 4.78 is 72.4. The summed E-state index contributed by atoms with van der Waals surface area (Å²) in [6, 6.07) is 4.10. The van der Waals surface area contributed by atoms with Crippen molar-refractivity contribution >= 4 is 5.97 Å². The van der Waals surface area contributed by atoms with Crippen molar-refractivity contribution < 1.29 is 31.5 Å². The van der Waals surface area contributed by atoms with E-state index in [0.717, 1.165) is 6.07 Å². The molecule has 1 aromatic carbocycles. The zero-order chi connectivity index (χ0) is 19.0. The maximum Gasteiger partial charge on any atom is 0.362 e. The summed E-state index contributed by atoms with van der Waals surface area (Å²) in [6.45, 7) is 0. The van der Waals surface area contributed by atoms with Crippen LogP contribution in [0.4, 0.5) is 22.0 Å². The Morgan fingerprint density at radius 2 is 1.62 bits per heavy atom. The van der Waals surface area contributed by atoms with Crippen LogP contribution in [-0.4, -0.2) is 20.7 Å². The third kappa shape index (κ3) is 3.01. The van der Waals surface area contributed by atoms with Crippen LogP contribution in [0.15, 0.2) is 30.6 Å². The van der Waals surface area contributed by atoms with Gasteiger partial charge in [-0.2, -0.15) is 13.9 Å². The molecule has 0 amide bonds. The summed E-state index contributed by atoms with van der Waals surface area (Å²) >= 11 is 0. The number of aromatic nitrogens is 3. The fourth-order valence-electron chi connectivity index (χ4n) is 2.08. The first-order chi connectivity index (χ1) is 12.3. The van der Waals surface area contributed by atoms with Crippen molar-refractivity contribution in [1.29, 1.82) is 0 Å². The number of pyridine rings is 1. The Hall–Kier alpha value is -3.30. The minimum Gasteiger partial charge on any atom is -0.415 e. The van der Waals surface area contributed by atoms with Crippen molar-refractivity contribution in [2.75, 3.05) is 0 Å². The van der Waals surface area contributed by atoms with E-state index in [1.165, 1.54) is 23.0 Å². The quantitative estimate of drug-likeness (QED) is 0.233. The van der Waals surface area contributed by atoms with Crippen LogP contribution < -0.4 is 4.74 Å². The number of benzene rings is 1. The minimum absolute atomic E-state index is 0.296. The van der Waals surface area contributed by atoms with Crippen LogP contribution in [0.1, 0.15) is 10.5 Å². The second-order valence-corrected chi connectivity index (χ2v) is 5.10. The number of hydrogen-bond acceptors (Lipinski definition) is 4. The lowest BCUT2D eigenvalue weighted by molar-refractivity contribution is 0.0710. The third-order valence-corrected chi connectivity index (χ3v) is 3.32. The van der Waals surface area contributed by atoms with Gasteiger partial charge in [-0.05, 0) is 12.1 Å². The fraction of sp³-hybridized carbons (Fsp3) is 0.0625. The number of nitrogens with zero attached hydrogens (tertiary/aromatic N) is 3. The van der Waals surface area contributed by atoms with Gasteiger partial charge in [0.2, 0.25) is 34.8 Å². The molecule has 3 aromatic rings. The smallest absolute Gasteiger partial charge is 0.362 e. The second-order valence-electron chi connectivity index (χ2n) is 5.10. The summed E-state index contributed by atoms with van der Waals surface area (Å²) in [6.07, 6.45) is 3.06. The van der Waals surface area contributed by atoms with Crippen molar-refractivity contribution in [1.82, 2.24) is 14.8 Å². The topological polar surface area (TPSA) is 57.0 Å². The molecule has 0 aliphatic carbocycles. The van der Waals surface area contributed by atoms with E-state index in [1.54, 1.807) is 13.2 Å². The van der Waals surface area contributed by atoms with Crippen LogP contribution >= 0.6 is 0 Å². The molecular formula is C16H8F5N3O2. The molecule has 0 aliphatic rings. The predicted molar refractivity (Wildman–Crippen MR) is 77.6 cm³/mol. The SMILES string of the molecule is Cn1cc(-c2cccc(C(=O)Oc3c(F)c(F)c(F)c(F)c3F)n2)cn1. The van der Waals surface area contributed by atoms with Crippen molar-refractivity contribution in [3.63, 3.8) is 0 Å². The normalized spacial score (nSPS) is 10.8. The lowest BCUT2D eigenvalue weighted by atomic mass is 10.2. The van der Waals surface area contributed by atoms with Crippen molar-refractivity contribution in [2.45, 2.75) is 0 Å². The molecule has 0 saturated heterocycles. The highest BCUT2D eigenvalue weighted by Crippen LogP contribution is 2.29. The van der Waals surface area contributed by atoms with Gasteiger partial charge in [0.15, 0.2) is 0 Å². The largest absolute Gasteiger partial charge is 0.415 e. The van der Waals surface area contributed by atoms with Gasteiger partial charge < -0.3 is 4.74 Å². The molecule has 10 heteroatoms. The Morgan fingerprint density at radius 1 is 1.00 bits per heavy atom. The Morgan fingerprint density at radius 3 is 2.19 bits per heavy atom. The van der Waals surface area contributed by atoms with E-state index >= 15 is 0 Å². The minimum atomic E-state index is -2.35. The number of aryl methyl sites for hydroxylation is 1. The van der Waals surface area contributed by atoms with E-state index in [-0.39, 0.29) is 0 Å². The van der Waals surface area contributed by atoms with Crippen LogP contribution in [0, 0.1) is 29.1 Å². The summed E-state index contributed by atoms with van der Waals surface area (Å²) in [5.41, 5.74) is 0.443. The highest BCUT2D eigenvalue weighted by Gasteiger charge is 2.29. The van der Waals surface area contributed by atoms with Crippen LogP contribution in [0.2, 0.25) is 0 Å². The molecule has 134 valence electrons. The summed E-state index contributed by atoms with van der Waals surface area (Å²) in [5.74, 6) is -14.4. The zero-order valence-corrected chi connectivity index (χ0v) is 12.9. The molecule has 0 saturated carbocycles. The second kappa shape index (κ2) is 6.54. The van der Waals surface area contributed by atoms with E-state index in [1.807, 2.05) is 0 Å².